The summed E-state index contributed by atoms with van der Waals surface area (Å²) in [6.45, 7) is 1.17. The molecule has 0 unspecified atom stereocenters. The van der Waals surface area contributed by atoms with Crippen molar-refractivity contribution in [3.05, 3.63) is 34.6 Å². The van der Waals surface area contributed by atoms with Gasteiger partial charge in [-0.15, -0.1) is 17.5 Å². The minimum absolute atomic E-state index is 0. The molecule has 0 radical (unpaired) electrons. The van der Waals surface area contributed by atoms with Crippen LogP contribution in [0.5, 0.6) is 0 Å². The van der Waals surface area contributed by atoms with Gasteiger partial charge in [-0.25, -0.2) is 4.68 Å². The number of carbonyl (C=O) groups is 1. The van der Waals surface area contributed by atoms with Crippen molar-refractivity contribution in [1.82, 2.24) is 25.2 Å². The Morgan fingerprint density at radius 2 is 2.10 bits per heavy atom. The molecular formula is C13H18ClN5O2. The molecule has 1 amide bonds. The smallest absolute Gasteiger partial charge is 0.278 e. The van der Waals surface area contributed by atoms with Crippen LogP contribution in [0, 0.1) is 0 Å². The second-order valence-electron chi connectivity index (χ2n) is 4.49. The van der Waals surface area contributed by atoms with E-state index < -0.39 is 0 Å². The number of nitrogens with one attached hydrogen (secondary N) is 1. The SMILES string of the molecule is CNCCN(C)C(=O)Cn1nnc2ccccc2c1=O.Cl. The Kier molecular flexibility index (Phi) is 6.26. The summed E-state index contributed by atoms with van der Waals surface area (Å²) in [5.74, 6) is -0.174. The van der Waals surface area contributed by atoms with Crippen molar-refractivity contribution in [3.8, 4) is 0 Å². The van der Waals surface area contributed by atoms with E-state index in [0.29, 0.717) is 24.0 Å². The monoisotopic (exact) mass is 311 g/mol. The maximum atomic E-state index is 12.2. The standard InChI is InChI=1S/C13H17N5O2.ClH/c1-14-7-8-17(2)12(19)9-18-13(20)10-5-3-4-6-11(10)15-16-18;/h3-6,14H,7-9H2,1-2H3;1H. The molecule has 1 heterocycles. The number of hydrogen-bond donors (Lipinski definition) is 1. The van der Waals surface area contributed by atoms with Crippen LogP contribution >= 0.6 is 12.4 Å². The molecule has 0 fully saturated rings. The third-order valence-electron chi connectivity index (χ3n) is 3.04. The van der Waals surface area contributed by atoms with Crippen LogP contribution in [0.4, 0.5) is 0 Å². The predicted molar refractivity (Wildman–Crippen MR) is 82.6 cm³/mol. The van der Waals surface area contributed by atoms with Crippen LogP contribution in [-0.4, -0.2) is 53.0 Å². The number of benzene rings is 1. The van der Waals surface area contributed by atoms with Gasteiger partial charge in [0.15, 0.2) is 0 Å². The lowest BCUT2D eigenvalue weighted by molar-refractivity contribution is -0.130. The van der Waals surface area contributed by atoms with E-state index in [-0.39, 0.29) is 30.4 Å². The highest BCUT2D eigenvalue weighted by Gasteiger charge is 2.12. The van der Waals surface area contributed by atoms with Gasteiger partial charge in [0, 0.05) is 20.1 Å². The molecule has 1 N–H and O–H groups in total. The Labute approximate surface area is 128 Å². The van der Waals surface area contributed by atoms with E-state index in [9.17, 15) is 9.59 Å². The fourth-order valence-electron chi connectivity index (χ4n) is 1.78. The van der Waals surface area contributed by atoms with Gasteiger partial charge in [0.25, 0.3) is 5.56 Å². The Bertz CT molecular complexity index is 673. The van der Waals surface area contributed by atoms with E-state index in [1.807, 2.05) is 7.05 Å². The maximum absolute atomic E-state index is 12.2. The molecule has 2 rings (SSSR count). The van der Waals surface area contributed by atoms with Crippen molar-refractivity contribution in [2.45, 2.75) is 6.54 Å². The minimum Gasteiger partial charge on any atom is -0.343 e. The molecule has 21 heavy (non-hydrogen) atoms. The zero-order valence-electron chi connectivity index (χ0n) is 11.9. The van der Waals surface area contributed by atoms with Crippen LogP contribution in [0.1, 0.15) is 0 Å². The number of nitrogens with zero attached hydrogens (tertiary/aromatic N) is 4. The van der Waals surface area contributed by atoms with Crippen LogP contribution in [-0.2, 0) is 11.3 Å². The van der Waals surface area contributed by atoms with E-state index in [1.165, 1.54) is 0 Å². The summed E-state index contributed by atoms with van der Waals surface area (Å²) in [5.41, 5.74) is 0.232. The molecular weight excluding hydrogens is 294 g/mol. The number of likely N-dealkylation sites (N-methyl/N-ethyl adjacent to an activating group) is 2. The summed E-state index contributed by atoms with van der Waals surface area (Å²) in [6.07, 6.45) is 0. The van der Waals surface area contributed by atoms with E-state index in [1.54, 1.807) is 36.2 Å². The van der Waals surface area contributed by atoms with Gasteiger partial charge in [0.2, 0.25) is 5.91 Å². The second-order valence-corrected chi connectivity index (χ2v) is 4.49. The molecule has 8 heteroatoms. The Hall–Kier alpha value is -1.99. The fraction of sp³-hybridized carbons (Fsp3) is 0.385. The lowest BCUT2D eigenvalue weighted by Gasteiger charge is -2.16. The number of carbonyl (C=O) groups excluding carboxylic acids is 1. The number of fused-ring (bicyclic) bond motifs is 1. The predicted octanol–water partition coefficient (Wildman–Crippen LogP) is -0.109. The van der Waals surface area contributed by atoms with E-state index >= 15 is 0 Å². The average Bonchev–Trinajstić information content (AvgIpc) is 2.47. The largest absolute Gasteiger partial charge is 0.343 e. The van der Waals surface area contributed by atoms with Crippen LogP contribution in [0.3, 0.4) is 0 Å². The molecule has 1 aromatic carbocycles. The molecule has 114 valence electrons. The molecule has 1 aromatic heterocycles. The lowest BCUT2D eigenvalue weighted by atomic mass is 10.2. The molecule has 0 saturated carbocycles. The van der Waals surface area contributed by atoms with E-state index in [0.717, 1.165) is 4.68 Å². The van der Waals surface area contributed by atoms with Crippen LogP contribution < -0.4 is 10.9 Å². The molecule has 2 aromatic rings. The first-order valence-corrected chi connectivity index (χ1v) is 6.34. The first-order valence-electron chi connectivity index (χ1n) is 6.34. The van der Waals surface area contributed by atoms with Crippen molar-refractivity contribution in [2.75, 3.05) is 27.2 Å². The number of amides is 1. The molecule has 0 aliphatic carbocycles. The molecule has 0 aliphatic heterocycles. The van der Waals surface area contributed by atoms with Gasteiger partial charge in [0.05, 0.1) is 5.39 Å². The summed E-state index contributed by atoms with van der Waals surface area (Å²) >= 11 is 0. The van der Waals surface area contributed by atoms with E-state index in [2.05, 4.69) is 15.6 Å². The number of rotatable bonds is 5. The van der Waals surface area contributed by atoms with Crippen molar-refractivity contribution in [2.24, 2.45) is 0 Å². The Morgan fingerprint density at radius 3 is 2.81 bits per heavy atom. The number of hydrogen-bond acceptors (Lipinski definition) is 5. The quantitative estimate of drug-likeness (QED) is 0.833. The highest BCUT2D eigenvalue weighted by atomic mass is 35.5. The zero-order chi connectivity index (χ0) is 14.5. The highest BCUT2D eigenvalue weighted by molar-refractivity contribution is 5.85. The highest BCUT2D eigenvalue weighted by Crippen LogP contribution is 2.03. The van der Waals surface area contributed by atoms with Gasteiger partial charge >= 0.3 is 0 Å². The summed E-state index contributed by atoms with van der Waals surface area (Å²) < 4.78 is 1.10. The van der Waals surface area contributed by atoms with Gasteiger partial charge < -0.3 is 10.2 Å². The third-order valence-corrected chi connectivity index (χ3v) is 3.04. The number of halogens is 1. The van der Waals surface area contributed by atoms with Crippen molar-refractivity contribution in [3.63, 3.8) is 0 Å². The van der Waals surface area contributed by atoms with Gasteiger partial charge in [-0.2, -0.15) is 0 Å². The van der Waals surface area contributed by atoms with E-state index in [4.69, 9.17) is 0 Å². The summed E-state index contributed by atoms with van der Waals surface area (Å²) in [5, 5.41) is 11.2. The second kappa shape index (κ2) is 7.70. The average molecular weight is 312 g/mol. The third kappa shape index (κ3) is 3.99. The number of aromatic nitrogens is 3. The fourth-order valence-corrected chi connectivity index (χ4v) is 1.78. The van der Waals surface area contributed by atoms with Gasteiger partial charge in [-0.3, -0.25) is 9.59 Å². The van der Waals surface area contributed by atoms with Crippen molar-refractivity contribution >= 4 is 29.2 Å². The molecule has 0 saturated heterocycles. The summed E-state index contributed by atoms with van der Waals surface area (Å²) in [4.78, 5) is 25.7. The van der Waals surface area contributed by atoms with Gasteiger partial charge in [0.1, 0.15) is 12.1 Å². The first kappa shape index (κ1) is 17.1. The van der Waals surface area contributed by atoms with Crippen LogP contribution in [0.2, 0.25) is 0 Å². The van der Waals surface area contributed by atoms with Crippen molar-refractivity contribution in [1.29, 1.82) is 0 Å². The Morgan fingerprint density at radius 1 is 1.38 bits per heavy atom. The Balaban J connectivity index is 0.00000220. The maximum Gasteiger partial charge on any atom is 0.278 e. The van der Waals surface area contributed by atoms with Crippen LogP contribution in [0.25, 0.3) is 10.9 Å². The summed E-state index contributed by atoms with van der Waals surface area (Å²) in [7, 11) is 3.51. The molecule has 0 bridgehead atoms. The zero-order valence-corrected chi connectivity index (χ0v) is 12.8. The normalized spacial score (nSPS) is 10.2. The van der Waals surface area contributed by atoms with Gasteiger partial charge in [-0.05, 0) is 19.2 Å². The van der Waals surface area contributed by atoms with Crippen LogP contribution in [0.15, 0.2) is 29.1 Å². The molecule has 0 aliphatic rings. The van der Waals surface area contributed by atoms with Gasteiger partial charge in [-0.1, -0.05) is 17.3 Å². The molecule has 7 nitrogen and oxygen atoms in total. The molecule has 0 atom stereocenters. The summed E-state index contributed by atoms with van der Waals surface area (Å²) in [6, 6.07) is 6.95. The lowest BCUT2D eigenvalue weighted by Crippen LogP contribution is -2.38. The topological polar surface area (TPSA) is 80.1 Å². The first-order chi connectivity index (χ1) is 9.63. The van der Waals surface area contributed by atoms with Crippen molar-refractivity contribution < 1.29 is 4.79 Å². The molecule has 0 spiro atoms. The minimum atomic E-state index is -0.300.